The summed E-state index contributed by atoms with van der Waals surface area (Å²) >= 11 is 4.54. The van der Waals surface area contributed by atoms with Gasteiger partial charge in [0, 0.05) is 12.8 Å². The number of carbonyl (C=O) groups excluding carboxylic acids is 1. The number of nitrogens with two attached hydrogens (primary N) is 1. The third-order valence-electron chi connectivity index (χ3n) is 0.723. The second kappa shape index (κ2) is 3.55. The molecule has 0 saturated carbocycles. The molecule has 0 bridgehead atoms. The highest BCUT2D eigenvalue weighted by atomic mass is 32.1. The molecular weight excluding hydrogens is 122 g/mol. The minimum Gasteiger partial charge on any atom is -0.393 e. The van der Waals surface area contributed by atoms with E-state index in [2.05, 4.69) is 12.2 Å². The third-order valence-corrected chi connectivity index (χ3v) is 0.928. The molecule has 0 unspecified atom stereocenters. The molecule has 0 atom stereocenters. The molecule has 8 heavy (non-hydrogen) atoms. The summed E-state index contributed by atoms with van der Waals surface area (Å²) in [4.78, 5) is 10.6. The Bertz CT molecular complexity index is 97.0. The molecule has 3 heteroatoms. The highest BCUT2D eigenvalue weighted by Gasteiger charge is 1.92. The fourth-order valence-electron chi connectivity index (χ4n) is 0.299. The van der Waals surface area contributed by atoms with Crippen LogP contribution in [-0.2, 0) is 4.79 Å². The summed E-state index contributed by atoms with van der Waals surface area (Å²) in [5.41, 5.74) is 5.12. The van der Waals surface area contributed by atoms with Crippen molar-refractivity contribution < 1.29 is 4.79 Å². The lowest BCUT2D eigenvalue weighted by Crippen LogP contribution is -2.08. The number of hydrogen-bond donors (Lipinski definition) is 1. The maximum Gasteiger partial charge on any atom is 0.130 e. The van der Waals surface area contributed by atoms with Gasteiger partial charge >= 0.3 is 0 Å². The highest BCUT2D eigenvalue weighted by Crippen LogP contribution is 1.88. The van der Waals surface area contributed by atoms with Crippen LogP contribution in [0.2, 0.25) is 0 Å². The average Bonchev–Trinajstić information content (AvgIpc) is 1.61. The first kappa shape index (κ1) is 7.56. The first-order valence-electron chi connectivity index (χ1n) is 2.40. The predicted octanol–water partition coefficient (Wildman–Crippen LogP) is 0.642. The van der Waals surface area contributed by atoms with E-state index in [1.165, 1.54) is 6.92 Å². The molecule has 0 spiro atoms. The number of rotatable bonds is 3. The molecule has 2 N–H and O–H groups in total. The average molecular weight is 131 g/mol. The Kier molecular flexibility index (Phi) is 3.35. The van der Waals surface area contributed by atoms with E-state index in [0.717, 1.165) is 0 Å². The zero-order valence-corrected chi connectivity index (χ0v) is 5.62. The second-order valence-corrected chi connectivity index (χ2v) is 2.19. The second-order valence-electron chi connectivity index (χ2n) is 1.67. The Hall–Kier alpha value is -0.440. The summed E-state index contributed by atoms with van der Waals surface area (Å²) in [7, 11) is 0. The molecule has 0 amide bonds. The van der Waals surface area contributed by atoms with Crippen LogP contribution in [0.4, 0.5) is 0 Å². The van der Waals surface area contributed by atoms with Crippen molar-refractivity contribution in [2.75, 3.05) is 0 Å². The molecular formula is C5H9NOS. The molecule has 0 saturated heterocycles. The number of Topliss-reactive ketones (excluding diaryl/α,β-unsaturated/α-hetero) is 1. The molecule has 0 aromatic heterocycles. The predicted molar refractivity (Wildman–Crippen MR) is 36.7 cm³/mol. The molecule has 0 aliphatic carbocycles. The largest absolute Gasteiger partial charge is 0.393 e. The van der Waals surface area contributed by atoms with Crippen molar-refractivity contribution in [3.8, 4) is 0 Å². The third kappa shape index (κ3) is 5.56. The van der Waals surface area contributed by atoms with Gasteiger partial charge < -0.3 is 10.5 Å². The van der Waals surface area contributed by atoms with Crippen molar-refractivity contribution in [3.63, 3.8) is 0 Å². The van der Waals surface area contributed by atoms with Gasteiger partial charge in [0.2, 0.25) is 0 Å². The number of ketones is 1. The molecule has 0 rings (SSSR count). The molecule has 0 heterocycles. The Morgan fingerprint density at radius 2 is 2.12 bits per heavy atom. The summed E-state index contributed by atoms with van der Waals surface area (Å²) in [5.74, 6) is 0.137. The highest BCUT2D eigenvalue weighted by molar-refractivity contribution is 7.80. The lowest BCUT2D eigenvalue weighted by molar-refractivity contribution is -0.116. The van der Waals surface area contributed by atoms with Crippen LogP contribution < -0.4 is 5.73 Å². The molecule has 0 aliphatic rings. The van der Waals surface area contributed by atoms with Crippen molar-refractivity contribution in [2.45, 2.75) is 19.8 Å². The fraction of sp³-hybridized carbons (Fsp3) is 0.600. The summed E-state index contributed by atoms with van der Waals surface area (Å²) in [5, 5.41) is 0. The SMILES string of the molecule is CC(=O)CCC(N)=S. The van der Waals surface area contributed by atoms with Crippen LogP contribution in [0.1, 0.15) is 19.8 Å². The minimum atomic E-state index is 0.137. The molecule has 0 fully saturated rings. The van der Waals surface area contributed by atoms with E-state index in [1.54, 1.807) is 0 Å². The zero-order valence-electron chi connectivity index (χ0n) is 4.81. The van der Waals surface area contributed by atoms with Gasteiger partial charge in [-0.3, -0.25) is 0 Å². The summed E-state index contributed by atoms with van der Waals surface area (Å²) in [6.45, 7) is 1.53. The van der Waals surface area contributed by atoms with Gasteiger partial charge in [-0.25, -0.2) is 0 Å². The van der Waals surface area contributed by atoms with Crippen molar-refractivity contribution in [1.29, 1.82) is 0 Å². The van der Waals surface area contributed by atoms with E-state index in [0.29, 0.717) is 17.8 Å². The van der Waals surface area contributed by atoms with Crippen LogP contribution in [0.25, 0.3) is 0 Å². The molecule has 2 nitrogen and oxygen atoms in total. The monoisotopic (exact) mass is 131 g/mol. The fourth-order valence-corrected chi connectivity index (χ4v) is 0.401. The maximum absolute atomic E-state index is 10.2. The minimum absolute atomic E-state index is 0.137. The molecule has 0 aliphatic heterocycles. The summed E-state index contributed by atoms with van der Waals surface area (Å²) < 4.78 is 0. The smallest absolute Gasteiger partial charge is 0.130 e. The van der Waals surface area contributed by atoms with Crippen molar-refractivity contribution >= 4 is 23.0 Å². The van der Waals surface area contributed by atoms with Crippen molar-refractivity contribution in [1.82, 2.24) is 0 Å². The Morgan fingerprint density at radius 1 is 1.62 bits per heavy atom. The topological polar surface area (TPSA) is 43.1 Å². The van der Waals surface area contributed by atoms with Gasteiger partial charge in [-0.15, -0.1) is 0 Å². The van der Waals surface area contributed by atoms with Gasteiger partial charge in [-0.2, -0.15) is 0 Å². The summed E-state index contributed by atoms with van der Waals surface area (Å²) in [6.07, 6.45) is 1.03. The number of carbonyl (C=O) groups is 1. The van der Waals surface area contributed by atoms with Gasteiger partial charge in [0.15, 0.2) is 0 Å². The zero-order chi connectivity index (χ0) is 6.57. The first-order valence-corrected chi connectivity index (χ1v) is 2.81. The maximum atomic E-state index is 10.2. The van der Waals surface area contributed by atoms with Crippen LogP contribution in [-0.4, -0.2) is 10.8 Å². The van der Waals surface area contributed by atoms with E-state index in [9.17, 15) is 4.79 Å². The van der Waals surface area contributed by atoms with E-state index >= 15 is 0 Å². The van der Waals surface area contributed by atoms with Crippen LogP contribution in [0.3, 0.4) is 0 Å². The first-order chi connectivity index (χ1) is 3.63. The van der Waals surface area contributed by atoms with Gasteiger partial charge in [-0.1, -0.05) is 12.2 Å². The van der Waals surface area contributed by atoms with Crippen LogP contribution >= 0.6 is 12.2 Å². The normalized spacial score (nSPS) is 8.62. The van der Waals surface area contributed by atoms with Gasteiger partial charge in [0.25, 0.3) is 0 Å². The van der Waals surface area contributed by atoms with E-state index in [4.69, 9.17) is 5.73 Å². The van der Waals surface area contributed by atoms with Gasteiger partial charge in [0.1, 0.15) is 5.78 Å². The Balaban J connectivity index is 3.18. The number of thiocarbonyl (C=S) groups is 1. The molecule has 46 valence electrons. The van der Waals surface area contributed by atoms with Crippen molar-refractivity contribution in [3.05, 3.63) is 0 Å². The van der Waals surface area contributed by atoms with Gasteiger partial charge in [0.05, 0.1) is 4.99 Å². The standard InChI is InChI=1S/C5H9NOS/c1-4(7)2-3-5(6)8/h2-3H2,1H3,(H2,6,8). The molecule has 0 aromatic carbocycles. The van der Waals surface area contributed by atoms with Crippen molar-refractivity contribution in [2.24, 2.45) is 5.73 Å². The van der Waals surface area contributed by atoms with Crippen LogP contribution in [0.5, 0.6) is 0 Å². The Morgan fingerprint density at radius 3 is 2.25 bits per heavy atom. The Labute approximate surface area is 54.1 Å². The molecule has 0 aromatic rings. The molecule has 0 radical (unpaired) electrons. The van der Waals surface area contributed by atoms with E-state index in [-0.39, 0.29) is 5.78 Å². The van der Waals surface area contributed by atoms with Crippen LogP contribution in [0.15, 0.2) is 0 Å². The lowest BCUT2D eigenvalue weighted by Gasteiger charge is -1.90. The summed E-state index contributed by atoms with van der Waals surface area (Å²) in [6, 6.07) is 0. The lowest BCUT2D eigenvalue weighted by atomic mass is 10.2. The number of hydrogen-bond acceptors (Lipinski definition) is 2. The quantitative estimate of drug-likeness (QED) is 0.572. The van der Waals surface area contributed by atoms with Gasteiger partial charge in [-0.05, 0) is 6.92 Å². The van der Waals surface area contributed by atoms with E-state index in [1.807, 2.05) is 0 Å². The van der Waals surface area contributed by atoms with Crippen LogP contribution in [0, 0.1) is 0 Å². The van der Waals surface area contributed by atoms with E-state index < -0.39 is 0 Å².